The molecular formula is C16H21N3O. The predicted molar refractivity (Wildman–Crippen MR) is 81.4 cm³/mol. The number of nitrogens with zero attached hydrogens (tertiary/aromatic N) is 2. The summed E-state index contributed by atoms with van der Waals surface area (Å²) >= 11 is 0. The van der Waals surface area contributed by atoms with Crippen LogP contribution in [0.1, 0.15) is 31.9 Å². The van der Waals surface area contributed by atoms with Gasteiger partial charge in [-0.2, -0.15) is 5.10 Å². The second-order valence-electron chi connectivity index (χ2n) is 5.47. The van der Waals surface area contributed by atoms with E-state index in [1.165, 1.54) is 23.2 Å². The molecule has 106 valence electrons. The Kier molecular flexibility index (Phi) is 3.38. The summed E-state index contributed by atoms with van der Waals surface area (Å²) < 4.78 is 7.54. The number of ether oxygens (including phenoxy) is 1. The molecule has 0 spiro atoms. The first-order valence-electron chi connectivity index (χ1n) is 7.20. The first-order valence-corrected chi connectivity index (χ1v) is 7.20. The van der Waals surface area contributed by atoms with Gasteiger partial charge >= 0.3 is 0 Å². The summed E-state index contributed by atoms with van der Waals surface area (Å²) in [5.74, 6) is 0.833. The van der Waals surface area contributed by atoms with Crippen molar-refractivity contribution in [2.45, 2.75) is 32.7 Å². The minimum atomic E-state index is 0.299. The summed E-state index contributed by atoms with van der Waals surface area (Å²) in [4.78, 5) is 0. The Bertz CT molecular complexity index is 616. The highest BCUT2D eigenvalue weighted by molar-refractivity contribution is 5.82. The maximum atomic E-state index is 5.51. The van der Waals surface area contributed by atoms with Gasteiger partial charge in [-0.05, 0) is 32.3 Å². The Labute approximate surface area is 119 Å². The Morgan fingerprint density at radius 3 is 2.95 bits per heavy atom. The fraction of sp³-hybridized carbons (Fsp3) is 0.438. The van der Waals surface area contributed by atoms with Crippen molar-refractivity contribution in [3.63, 3.8) is 0 Å². The lowest BCUT2D eigenvalue weighted by molar-refractivity contribution is 0.415. The molecule has 2 aromatic rings. The molecule has 1 N–H and O–H groups in total. The van der Waals surface area contributed by atoms with Gasteiger partial charge in [0.2, 0.25) is 0 Å². The number of methoxy groups -OCH3 is 1. The molecule has 0 unspecified atom stereocenters. The van der Waals surface area contributed by atoms with Gasteiger partial charge in [0.15, 0.2) is 5.75 Å². The van der Waals surface area contributed by atoms with Crippen LogP contribution in [0.4, 0.5) is 5.69 Å². The second-order valence-corrected chi connectivity index (χ2v) is 5.47. The molecule has 4 nitrogen and oxygen atoms in total. The van der Waals surface area contributed by atoms with E-state index in [4.69, 9.17) is 4.74 Å². The lowest BCUT2D eigenvalue weighted by Gasteiger charge is -2.22. The molecule has 0 aliphatic carbocycles. The van der Waals surface area contributed by atoms with Crippen LogP contribution < -0.4 is 10.1 Å². The topological polar surface area (TPSA) is 39.1 Å². The van der Waals surface area contributed by atoms with Crippen molar-refractivity contribution in [2.24, 2.45) is 0 Å². The zero-order valence-corrected chi connectivity index (χ0v) is 12.3. The number of fused-ring (bicyclic) bond motifs is 1. The third kappa shape index (κ3) is 2.05. The number of aromatic nitrogens is 2. The van der Waals surface area contributed by atoms with E-state index in [2.05, 4.69) is 42.5 Å². The Morgan fingerprint density at radius 1 is 1.35 bits per heavy atom. The lowest BCUT2D eigenvalue weighted by atomic mass is 9.97. The van der Waals surface area contributed by atoms with Crippen LogP contribution in [0.25, 0.3) is 11.3 Å². The van der Waals surface area contributed by atoms with Crippen molar-refractivity contribution in [1.82, 2.24) is 9.78 Å². The molecule has 0 bridgehead atoms. The van der Waals surface area contributed by atoms with Gasteiger partial charge in [-0.3, -0.25) is 4.68 Å². The molecule has 0 saturated heterocycles. The number of para-hydroxylation sites is 1. The van der Waals surface area contributed by atoms with Gasteiger partial charge in [0.1, 0.15) is 5.69 Å². The van der Waals surface area contributed by atoms with E-state index in [0.717, 1.165) is 24.4 Å². The van der Waals surface area contributed by atoms with Crippen molar-refractivity contribution in [3.8, 4) is 17.0 Å². The van der Waals surface area contributed by atoms with Crippen LogP contribution >= 0.6 is 0 Å². The van der Waals surface area contributed by atoms with Crippen molar-refractivity contribution in [3.05, 3.63) is 30.0 Å². The monoisotopic (exact) mass is 271 g/mol. The zero-order chi connectivity index (χ0) is 14.1. The Morgan fingerprint density at radius 2 is 2.20 bits per heavy atom. The highest BCUT2D eigenvalue weighted by Crippen LogP contribution is 2.39. The van der Waals surface area contributed by atoms with E-state index in [1.54, 1.807) is 13.3 Å². The van der Waals surface area contributed by atoms with Gasteiger partial charge < -0.3 is 10.1 Å². The lowest BCUT2D eigenvalue weighted by Crippen LogP contribution is -2.14. The largest absolute Gasteiger partial charge is 0.493 e. The van der Waals surface area contributed by atoms with Crippen LogP contribution in [0.2, 0.25) is 0 Å². The summed E-state index contributed by atoms with van der Waals surface area (Å²) in [6, 6.07) is 6.77. The molecule has 20 heavy (non-hydrogen) atoms. The molecule has 1 aliphatic rings. The molecule has 0 radical (unpaired) electrons. The minimum Gasteiger partial charge on any atom is -0.493 e. The number of aryl methyl sites for hydroxylation is 1. The third-order valence-corrected chi connectivity index (χ3v) is 3.80. The highest BCUT2D eigenvalue weighted by atomic mass is 16.5. The number of hydrogen-bond donors (Lipinski definition) is 1. The SMILES string of the molecule is COc1cnn(C(C)C)c1-c1cccc2c1NCCC2. The molecule has 0 amide bonds. The molecule has 0 fully saturated rings. The standard InChI is InChI=1S/C16H21N3O/c1-11(2)19-16(14(20-3)10-18-19)13-8-4-6-12-7-5-9-17-15(12)13/h4,6,8,10-11,17H,5,7,9H2,1-3H3. The van der Waals surface area contributed by atoms with E-state index in [9.17, 15) is 0 Å². The maximum absolute atomic E-state index is 5.51. The van der Waals surface area contributed by atoms with Crippen LogP contribution in [-0.2, 0) is 6.42 Å². The van der Waals surface area contributed by atoms with Gasteiger partial charge in [-0.25, -0.2) is 0 Å². The van der Waals surface area contributed by atoms with E-state index in [0.29, 0.717) is 6.04 Å². The quantitative estimate of drug-likeness (QED) is 0.928. The fourth-order valence-corrected chi connectivity index (χ4v) is 2.85. The summed E-state index contributed by atoms with van der Waals surface area (Å²) in [6.45, 7) is 5.31. The summed E-state index contributed by atoms with van der Waals surface area (Å²) in [6.07, 6.45) is 4.13. The van der Waals surface area contributed by atoms with E-state index in [1.807, 2.05) is 4.68 Å². The van der Waals surface area contributed by atoms with Crippen LogP contribution in [0.15, 0.2) is 24.4 Å². The van der Waals surface area contributed by atoms with Crippen LogP contribution in [-0.4, -0.2) is 23.4 Å². The van der Waals surface area contributed by atoms with Gasteiger partial charge in [0, 0.05) is 23.8 Å². The van der Waals surface area contributed by atoms with Crippen LogP contribution in [0, 0.1) is 0 Å². The number of anilines is 1. The number of nitrogens with one attached hydrogen (secondary N) is 1. The molecule has 0 atom stereocenters. The van der Waals surface area contributed by atoms with Crippen LogP contribution in [0.3, 0.4) is 0 Å². The molecule has 1 aliphatic heterocycles. The van der Waals surface area contributed by atoms with E-state index >= 15 is 0 Å². The summed E-state index contributed by atoms with van der Waals surface area (Å²) in [7, 11) is 1.70. The average molecular weight is 271 g/mol. The number of rotatable bonds is 3. The molecule has 1 aromatic heterocycles. The smallest absolute Gasteiger partial charge is 0.164 e. The molecular weight excluding hydrogens is 250 g/mol. The van der Waals surface area contributed by atoms with Gasteiger partial charge in [0.05, 0.1) is 13.3 Å². The van der Waals surface area contributed by atoms with E-state index in [-0.39, 0.29) is 0 Å². The molecule has 0 saturated carbocycles. The predicted octanol–water partition coefficient (Wildman–Crippen LogP) is 3.50. The fourth-order valence-electron chi connectivity index (χ4n) is 2.85. The first-order chi connectivity index (χ1) is 9.72. The summed E-state index contributed by atoms with van der Waals surface area (Å²) in [5.41, 5.74) is 4.87. The van der Waals surface area contributed by atoms with Crippen molar-refractivity contribution in [2.75, 3.05) is 19.0 Å². The third-order valence-electron chi connectivity index (χ3n) is 3.80. The van der Waals surface area contributed by atoms with Crippen molar-refractivity contribution >= 4 is 5.69 Å². The second kappa shape index (κ2) is 5.19. The molecule has 1 aromatic carbocycles. The first kappa shape index (κ1) is 13.0. The maximum Gasteiger partial charge on any atom is 0.164 e. The normalized spacial score (nSPS) is 14.0. The van der Waals surface area contributed by atoms with Crippen LogP contribution in [0.5, 0.6) is 5.75 Å². The number of benzene rings is 1. The summed E-state index contributed by atoms with van der Waals surface area (Å²) in [5, 5.41) is 8.02. The van der Waals surface area contributed by atoms with Gasteiger partial charge in [-0.15, -0.1) is 0 Å². The van der Waals surface area contributed by atoms with Gasteiger partial charge in [-0.1, -0.05) is 18.2 Å². The molecule has 2 heterocycles. The number of hydrogen-bond acceptors (Lipinski definition) is 3. The van der Waals surface area contributed by atoms with Gasteiger partial charge in [0.25, 0.3) is 0 Å². The zero-order valence-electron chi connectivity index (χ0n) is 12.3. The molecule has 4 heteroatoms. The molecule has 3 rings (SSSR count). The Hall–Kier alpha value is -1.97. The van der Waals surface area contributed by atoms with Crippen molar-refractivity contribution < 1.29 is 4.74 Å². The Balaban J connectivity index is 2.20. The van der Waals surface area contributed by atoms with E-state index < -0.39 is 0 Å². The highest BCUT2D eigenvalue weighted by Gasteiger charge is 2.21. The van der Waals surface area contributed by atoms with Crippen molar-refractivity contribution in [1.29, 1.82) is 0 Å². The minimum absolute atomic E-state index is 0.299. The average Bonchev–Trinajstić information content (AvgIpc) is 2.90.